The van der Waals surface area contributed by atoms with Crippen molar-refractivity contribution in [3.63, 3.8) is 0 Å². The fourth-order valence-electron chi connectivity index (χ4n) is 2.45. The standard InChI is InChI=1S/C19H15BrIN3O4/c1-10(19(26)27)28-17-6-3-12(7-15(17)21)9-22-24-11(2)23-16-5-4-13(20)8-14(16)18(24)25/h3-10H,1-2H3,(H,26,27)/t10-/m1/s1. The summed E-state index contributed by atoms with van der Waals surface area (Å²) in [5, 5.41) is 13.7. The number of ether oxygens (including phenoxy) is 1. The van der Waals surface area contributed by atoms with Crippen molar-refractivity contribution in [2.75, 3.05) is 0 Å². The number of carboxylic acids is 1. The Bertz CT molecular complexity index is 1160. The van der Waals surface area contributed by atoms with E-state index >= 15 is 0 Å². The molecule has 0 amide bonds. The molecule has 3 aromatic rings. The van der Waals surface area contributed by atoms with Crippen molar-refractivity contribution >= 4 is 61.6 Å². The molecular formula is C19H15BrIN3O4. The highest BCUT2D eigenvalue weighted by molar-refractivity contribution is 14.1. The van der Waals surface area contributed by atoms with Gasteiger partial charge >= 0.3 is 5.97 Å². The number of carboxylic acid groups (broad SMARTS) is 1. The molecule has 28 heavy (non-hydrogen) atoms. The molecule has 0 unspecified atom stereocenters. The summed E-state index contributed by atoms with van der Waals surface area (Å²) in [4.78, 5) is 28.1. The third-order valence-corrected chi connectivity index (χ3v) is 5.24. The predicted molar refractivity (Wildman–Crippen MR) is 118 cm³/mol. The molecule has 9 heteroatoms. The molecule has 2 aromatic carbocycles. The largest absolute Gasteiger partial charge is 0.479 e. The summed E-state index contributed by atoms with van der Waals surface area (Å²) in [6.07, 6.45) is 0.601. The van der Waals surface area contributed by atoms with E-state index in [0.717, 1.165) is 13.6 Å². The average molecular weight is 556 g/mol. The van der Waals surface area contributed by atoms with Crippen LogP contribution in [0.2, 0.25) is 0 Å². The van der Waals surface area contributed by atoms with Crippen molar-refractivity contribution in [2.24, 2.45) is 5.10 Å². The molecule has 0 saturated carbocycles. The van der Waals surface area contributed by atoms with E-state index in [0.29, 0.717) is 22.5 Å². The Labute approximate surface area is 182 Å². The Hall–Kier alpha value is -2.27. The van der Waals surface area contributed by atoms with Gasteiger partial charge in [-0.05, 0) is 78.4 Å². The van der Waals surface area contributed by atoms with Gasteiger partial charge < -0.3 is 9.84 Å². The third kappa shape index (κ3) is 4.41. The van der Waals surface area contributed by atoms with Gasteiger partial charge in [-0.3, -0.25) is 4.79 Å². The normalized spacial score (nSPS) is 12.4. The minimum absolute atomic E-state index is 0.259. The maximum absolute atomic E-state index is 12.7. The molecule has 0 aliphatic heterocycles. The monoisotopic (exact) mass is 555 g/mol. The number of fused-ring (bicyclic) bond motifs is 1. The minimum Gasteiger partial charge on any atom is -0.479 e. The van der Waals surface area contributed by atoms with Crippen LogP contribution in [-0.4, -0.2) is 33.1 Å². The van der Waals surface area contributed by atoms with Crippen LogP contribution in [0.5, 0.6) is 5.75 Å². The summed E-state index contributed by atoms with van der Waals surface area (Å²) in [6, 6.07) is 10.5. The maximum Gasteiger partial charge on any atom is 0.344 e. The molecule has 0 radical (unpaired) electrons. The molecule has 0 bridgehead atoms. The molecule has 0 aliphatic rings. The first kappa shape index (κ1) is 20.5. The van der Waals surface area contributed by atoms with E-state index in [-0.39, 0.29) is 5.56 Å². The molecule has 7 nitrogen and oxygen atoms in total. The van der Waals surface area contributed by atoms with Gasteiger partial charge in [-0.2, -0.15) is 9.78 Å². The number of hydrogen-bond acceptors (Lipinski definition) is 5. The van der Waals surface area contributed by atoms with Crippen LogP contribution in [0.25, 0.3) is 10.9 Å². The van der Waals surface area contributed by atoms with Gasteiger partial charge in [-0.1, -0.05) is 15.9 Å². The number of rotatable bonds is 5. The molecule has 144 valence electrons. The number of aliphatic carboxylic acids is 1. The van der Waals surface area contributed by atoms with Crippen molar-refractivity contribution < 1.29 is 14.6 Å². The molecule has 1 atom stereocenters. The highest BCUT2D eigenvalue weighted by atomic mass is 127. The lowest BCUT2D eigenvalue weighted by Crippen LogP contribution is -2.23. The number of aromatic nitrogens is 2. The molecule has 0 spiro atoms. The van der Waals surface area contributed by atoms with Crippen molar-refractivity contribution in [1.29, 1.82) is 0 Å². The molecule has 1 N–H and O–H groups in total. The zero-order valence-electron chi connectivity index (χ0n) is 14.9. The van der Waals surface area contributed by atoms with Gasteiger partial charge in [0.2, 0.25) is 0 Å². The van der Waals surface area contributed by atoms with Crippen LogP contribution in [0, 0.1) is 10.5 Å². The van der Waals surface area contributed by atoms with Crippen LogP contribution in [0.15, 0.2) is 50.8 Å². The molecule has 0 saturated heterocycles. The van der Waals surface area contributed by atoms with E-state index in [4.69, 9.17) is 9.84 Å². The summed E-state index contributed by atoms with van der Waals surface area (Å²) < 4.78 is 8.18. The zero-order chi connectivity index (χ0) is 20.4. The first-order valence-electron chi connectivity index (χ1n) is 8.18. The molecule has 3 rings (SSSR count). The van der Waals surface area contributed by atoms with E-state index in [9.17, 15) is 9.59 Å². The first-order chi connectivity index (χ1) is 13.3. The third-order valence-electron chi connectivity index (χ3n) is 3.90. The second kappa shape index (κ2) is 8.39. The Kier molecular flexibility index (Phi) is 6.14. The van der Waals surface area contributed by atoms with Crippen LogP contribution in [0.4, 0.5) is 0 Å². The van der Waals surface area contributed by atoms with E-state index in [1.807, 2.05) is 6.07 Å². The van der Waals surface area contributed by atoms with Crippen LogP contribution >= 0.6 is 38.5 Å². The Morgan fingerprint density at radius 1 is 1.36 bits per heavy atom. The first-order valence-corrected chi connectivity index (χ1v) is 10.1. The highest BCUT2D eigenvalue weighted by Crippen LogP contribution is 2.23. The van der Waals surface area contributed by atoms with Crippen molar-refractivity contribution in [2.45, 2.75) is 20.0 Å². The number of benzene rings is 2. The number of nitrogens with zero attached hydrogens (tertiary/aromatic N) is 3. The smallest absolute Gasteiger partial charge is 0.344 e. The number of carbonyl (C=O) groups is 1. The van der Waals surface area contributed by atoms with Crippen molar-refractivity contribution in [3.05, 3.63) is 66.2 Å². The van der Waals surface area contributed by atoms with Crippen molar-refractivity contribution in [3.8, 4) is 5.75 Å². The van der Waals surface area contributed by atoms with Gasteiger partial charge in [0.25, 0.3) is 5.56 Å². The highest BCUT2D eigenvalue weighted by Gasteiger charge is 2.14. The fourth-order valence-corrected chi connectivity index (χ4v) is 3.48. The van der Waals surface area contributed by atoms with Gasteiger partial charge in [0.05, 0.1) is 20.7 Å². The quantitative estimate of drug-likeness (QED) is 0.382. The van der Waals surface area contributed by atoms with Crippen LogP contribution in [-0.2, 0) is 4.79 Å². The second-order valence-electron chi connectivity index (χ2n) is 5.97. The van der Waals surface area contributed by atoms with Gasteiger partial charge in [-0.25, -0.2) is 9.78 Å². The fraction of sp³-hybridized carbons (Fsp3) is 0.158. The summed E-state index contributed by atoms with van der Waals surface area (Å²) in [7, 11) is 0. The lowest BCUT2D eigenvalue weighted by molar-refractivity contribution is -0.144. The minimum atomic E-state index is -1.04. The van der Waals surface area contributed by atoms with Gasteiger partial charge in [0.15, 0.2) is 6.10 Å². The average Bonchev–Trinajstić information content (AvgIpc) is 2.64. The molecule has 0 fully saturated rings. The molecule has 1 heterocycles. The summed E-state index contributed by atoms with van der Waals surface area (Å²) in [5.74, 6) is -0.0917. The predicted octanol–water partition coefficient (Wildman–Crippen LogP) is 3.81. The lowest BCUT2D eigenvalue weighted by Gasteiger charge is -2.12. The SMILES string of the molecule is Cc1nc2ccc(Br)cc2c(=O)n1N=Cc1ccc(O[C@H](C)C(=O)O)c(I)c1. The number of aryl methyl sites for hydroxylation is 1. The Morgan fingerprint density at radius 3 is 2.79 bits per heavy atom. The van der Waals surface area contributed by atoms with Crippen LogP contribution < -0.4 is 10.3 Å². The molecule has 0 aliphatic carbocycles. The summed E-state index contributed by atoms with van der Waals surface area (Å²) in [6.45, 7) is 3.18. The van der Waals surface area contributed by atoms with E-state index in [1.54, 1.807) is 43.5 Å². The van der Waals surface area contributed by atoms with Gasteiger partial charge in [-0.15, -0.1) is 0 Å². The summed E-state index contributed by atoms with van der Waals surface area (Å²) >= 11 is 5.42. The lowest BCUT2D eigenvalue weighted by atomic mass is 10.2. The maximum atomic E-state index is 12.7. The Balaban J connectivity index is 1.93. The van der Waals surface area contributed by atoms with Crippen molar-refractivity contribution in [1.82, 2.24) is 9.66 Å². The topological polar surface area (TPSA) is 93.8 Å². The van der Waals surface area contributed by atoms with E-state index in [1.165, 1.54) is 11.6 Å². The zero-order valence-corrected chi connectivity index (χ0v) is 18.6. The summed E-state index contributed by atoms with van der Waals surface area (Å²) in [5.41, 5.74) is 1.09. The van der Waals surface area contributed by atoms with Crippen LogP contribution in [0.3, 0.4) is 0 Å². The second-order valence-corrected chi connectivity index (χ2v) is 8.05. The number of hydrogen-bond donors (Lipinski definition) is 1. The van der Waals surface area contributed by atoms with Gasteiger partial charge in [0, 0.05) is 4.47 Å². The number of halogens is 2. The Morgan fingerprint density at radius 2 is 2.11 bits per heavy atom. The van der Waals surface area contributed by atoms with E-state index in [2.05, 4.69) is 48.6 Å². The van der Waals surface area contributed by atoms with Crippen LogP contribution in [0.1, 0.15) is 18.3 Å². The molecular weight excluding hydrogens is 541 g/mol. The van der Waals surface area contributed by atoms with E-state index < -0.39 is 12.1 Å². The molecule has 1 aromatic heterocycles. The van der Waals surface area contributed by atoms with Gasteiger partial charge in [0.1, 0.15) is 11.6 Å².